The molecule has 0 radical (unpaired) electrons. The van der Waals surface area contributed by atoms with Crippen molar-refractivity contribution in [2.75, 3.05) is 19.0 Å². The fourth-order valence-corrected chi connectivity index (χ4v) is 6.61. The number of ether oxygens (including phenoxy) is 2. The number of thioether (sulfide) groups is 1. The number of aryl methyl sites for hydroxylation is 1. The van der Waals surface area contributed by atoms with Gasteiger partial charge < -0.3 is 9.47 Å². The smallest absolute Gasteiger partial charge is 0.157 e. The maximum absolute atomic E-state index is 6.00. The van der Waals surface area contributed by atoms with Crippen molar-refractivity contribution >= 4 is 22.9 Å². The Labute approximate surface area is 197 Å². The van der Waals surface area contributed by atoms with E-state index in [0.29, 0.717) is 5.92 Å². The zero-order valence-electron chi connectivity index (χ0n) is 19.4. The number of hydrogen-bond acceptors (Lipinski definition) is 3. The molecule has 0 aromatic heterocycles. The minimum Gasteiger partial charge on any atom is -0.353 e. The van der Waals surface area contributed by atoms with E-state index < -0.39 is 0 Å². The lowest BCUT2D eigenvalue weighted by atomic mass is 9.79. The molecule has 0 amide bonds. The number of rotatable bonds is 7. The molecule has 1 heterocycles. The Kier molecular flexibility index (Phi) is 7.36. The van der Waals surface area contributed by atoms with Crippen molar-refractivity contribution in [3.8, 4) is 0 Å². The van der Waals surface area contributed by atoms with Crippen molar-refractivity contribution in [2.24, 2.45) is 5.92 Å². The van der Waals surface area contributed by atoms with Crippen LogP contribution in [0, 0.1) is 12.8 Å². The normalized spacial score (nSPS) is 21.7. The van der Waals surface area contributed by atoms with Gasteiger partial charge in [-0.3, -0.25) is 0 Å². The number of benzene rings is 2. The average Bonchev–Trinajstić information content (AvgIpc) is 3.21. The van der Waals surface area contributed by atoms with E-state index in [2.05, 4.69) is 49.4 Å². The Morgan fingerprint density at radius 1 is 0.938 bits per heavy atom. The summed E-state index contributed by atoms with van der Waals surface area (Å²) >= 11 is 1.94. The first-order valence-electron chi connectivity index (χ1n) is 12.6. The Morgan fingerprint density at radius 3 is 2.62 bits per heavy atom. The van der Waals surface area contributed by atoms with E-state index in [9.17, 15) is 0 Å². The molecule has 1 unspecified atom stereocenters. The molecule has 2 aliphatic carbocycles. The molecule has 2 aromatic carbocycles. The van der Waals surface area contributed by atoms with Crippen molar-refractivity contribution in [2.45, 2.75) is 75.9 Å². The van der Waals surface area contributed by atoms with Crippen molar-refractivity contribution in [1.82, 2.24) is 0 Å². The van der Waals surface area contributed by atoms with Gasteiger partial charge in [0.05, 0.1) is 6.61 Å². The van der Waals surface area contributed by atoms with E-state index in [1.54, 1.807) is 11.1 Å². The van der Waals surface area contributed by atoms with Crippen LogP contribution in [-0.4, -0.2) is 25.3 Å². The summed E-state index contributed by atoms with van der Waals surface area (Å²) in [6.45, 7) is 3.81. The molecule has 3 aliphatic rings. The van der Waals surface area contributed by atoms with E-state index in [0.717, 1.165) is 31.8 Å². The van der Waals surface area contributed by atoms with Gasteiger partial charge in [0.25, 0.3) is 0 Å². The highest BCUT2D eigenvalue weighted by molar-refractivity contribution is 7.99. The van der Waals surface area contributed by atoms with Crippen molar-refractivity contribution < 1.29 is 9.47 Å². The van der Waals surface area contributed by atoms with Crippen molar-refractivity contribution in [1.29, 1.82) is 0 Å². The highest BCUT2D eigenvalue weighted by Crippen LogP contribution is 2.48. The van der Waals surface area contributed by atoms with Crippen LogP contribution in [0.1, 0.15) is 73.6 Å². The predicted octanol–water partition coefficient (Wildman–Crippen LogP) is 7.68. The molecular weight excluding hydrogens is 412 g/mol. The van der Waals surface area contributed by atoms with Gasteiger partial charge in [-0.15, -0.1) is 11.8 Å². The Hall–Kier alpha value is -1.55. The van der Waals surface area contributed by atoms with Crippen LogP contribution in [0.5, 0.6) is 0 Å². The van der Waals surface area contributed by atoms with Gasteiger partial charge in [-0.1, -0.05) is 61.2 Å². The summed E-state index contributed by atoms with van der Waals surface area (Å²) in [5, 5.41) is 0. The summed E-state index contributed by atoms with van der Waals surface area (Å²) in [5.41, 5.74) is 9.10. The third-order valence-corrected chi connectivity index (χ3v) is 8.29. The molecule has 1 atom stereocenters. The first-order chi connectivity index (χ1) is 15.8. The fourth-order valence-electron chi connectivity index (χ4n) is 5.69. The zero-order chi connectivity index (χ0) is 21.8. The van der Waals surface area contributed by atoms with Crippen LogP contribution in [0.25, 0.3) is 11.1 Å². The summed E-state index contributed by atoms with van der Waals surface area (Å²) in [6.07, 6.45) is 11.3. The Morgan fingerprint density at radius 2 is 1.78 bits per heavy atom. The molecule has 170 valence electrons. The van der Waals surface area contributed by atoms with Crippen LogP contribution < -0.4 is 0 Å². The van der Waals surface area contributed by atoms with Gasteiger partial charge in [0.15, 0.2) is 6.29 Å². The molecule has 2 aromatic rings. The van der Waals surface area contributed by atoms with E-state index in [1.165, 1.54) is 72.1 Å². The van der Waals surface area contributed by atoms with Gasteiger partial charge in [-0.25, -0.2) is 0 Å². The van der Waals surface area contributed by atoms with Gasteiger partial charge in [0.2, 0.25) is 0 Å². The summed E-state index contributed by atoms with van der Waals surface area (Å²) in [5.74, 6) is 1.68. The monoisotopic (exact) mass is 448 g/mol. The molecule has 2 fully saturated rings. The maximum Gasteiger partial charge on any atom is 0.157 e. The van der Waals surface area contributed by atoms with Gasteiger partial charge >= 0.3 is 0 Å². The second-order valence-corrected chi connectivity index (χ2v) is 10.7. The molecule has 0 spiro atoms. The van der Waals surface area contributed by atoms with Crippen molar-refractivity contribution in [3.63, 3.8) is 0 Å². The lowest BCUT2D eigenvalue weighted by Crippen LogP contribution is -2.23. The molecule has 2 nitrogen and oxygen atoms in total. The molecule has 3 heteroatoms. The molecule has 0 N–H and O–H groups in total. The van der Waals surface area contributed by atoms with E-state index in [4.69, 9.17) is 9.47 Å². The minimum absolute atomic E-state index is 0.00720. The summed E-state index contributed by atoms with van der Waals surface area (Å²) in [7, 11) is 0. The number of allylic oxidation sites excluding steroid dienone is 2. The standard InChI is InChI=1S/C29H36O2S/c1-21-14-15-24-23(19-21)20-26(29(24)22-9-3-2-4-10-22)25-11-5-6-12-27(25)32-18-17-31-28-13-7-8-16-30-28/h5-6,11-12,14-15,19,22,28H,2-4,7-10,13,16-18,20H2,1H3. The van der Waals surface area contributed by atoms with Gasteiger partial charge in [0, 0.05) is 17.3 Å². The van der Waals surface area contributed by atoms with Crippen LogP contribution in [0.3, 0.4) is 0 Å². The molecule has 32 heavy (non-hydrogen) atoms. The van der Waals surface area contributed by atoms with Crippen LogP contribution in [0.2, 0.25) is 0 Å². The largest absolute Gasteiger partial charge is 0.353 e. The molecule has 1 saturated heterocycles. The SMILES string of the molecule is Cc1ccc2c(c1)CC(c1ccccc1SCCOC1CCCCO1)=C2C1CCCCC1. The summed E-state index contributed by atoms with van der Waals surface area (Å²) < 4.78 is 11.7. The quantitative estimate of drug-likeness (QED) is 0.320. The lowest BCUT2D eigenvalue weighted by Gasteiger charge is -2.26. The zero-order valence-corrected chi connectivity index (χ0v) is 20.2. The first-order valence-corrected chi connectivity index (χ1v) is 13.6. The van der Waals surface area contributed by atoms with Gasteiger partial charge in [-0.2, -0.15) is 0 Å². The molecular formula is C29H36O2S. The van der Waals surface area contributed by atoms with Crippen LogP contribution >= 0.6 is 11.8 Å². The first kappa shape index (κ1) is 22.3. The van der Waals surface area contributed by atoms with Crippen LogP contribution in [-0.2, 0) is 15.9 Å². The number of fused-ring (bicyclic) bond motifs is 1. The molecule has 1 saturated carbocycles. The Balaban J connectivity index is 1.37. The molecule has 5 rings (SSSR count). The second kappa shape index (κ2) is 10.6. The van der Waals surface area contributed by atoms with Crippen molar-refractivity contribution in [3.05, 3.63) is 64.7 Å². The van der Waals surface area contributed by atoms with Crippen LogP contribution in [0.4, 0.5) is 0 Å². The topological polar surface area (TPSA) is 18.5 Å². The van der Waals surface area contributed by atoms with Gasteiger partial charge in [-0.05, 0) is 85.3 Å². The fraction of sp³-hybridized carbons (Fsp3) is 0.517. The predicted molar refractivity (Wildman–Crippen MR) is 135 cm³/mol. The van der Waals surface area contributed by atoms with E-state index in [1.807, 2.05) is 11.8 Å². The Bertz CT molecular complexity index is 951. The minimum atomic E-state index is 0.00720. The third kappa shape index (κ3) is 5.00. The van der Waals surface area contributed by atoms with Gasteiger partial charge in [0.1, 0.15) is 0 Å². The lowest BCUT2D eigenvalue weighted by molar-refractivity contribution is -0.158. The highest BCUT2D eigenvalue weighted by atomic mass is 32.2. The van der Waals surface area contributed by atoms with E-state index >= 15 is 0 Å². The third-order valence-electron chi connectivity index (χ3n) is 7.25. The maximum atomic E-state index is 6.00. The summed E-state index contributed by atoms with van der Waals surface area (Å²) in [4.78, 5) is 1.40. The molecule has 1 aliphatic heterocycles. The number of hydrogen-bond donors (Lipinski definition) is 0. The molecule has 0 bridgehead atoms. The van der Waals surface area contributed by atoms with Crippen LogP contribution in [0.15, 0.2) is 47.4 Å². The van der Waals surface area contributed by atoms with E-state index in [-0.39, 0.29) is 6.29 Å². The highest BCUT2D eigenvalue weighted by Gasteiger charge is 2.30. The average molecular weight is 449 g/mol. The summed E-state index contributed by atoms with van der Waals surface area (Å²) in [6, 6.07) is 16.2. The second-order valence-electron chi connectivity index (χ2n) is 9.58.